The zero-order valence-electron chi connectivity index (χ0n) is 18.5. The molecule has 1 aliphatic rings. The first-order valence-electron chi connectivity index (χ1n) is 10.9. The van der Waals surface area contributed by atoms with Crippen molar-refractivity contribution in [3.05, 3.63) is 70.8 Å². The predicted octanol–water partition coefficient (Wildman–Crippen LogP) is 4.32. The average Bonchev–Trinajstić information content (AvgIpc) is 3.28. The third kappa shape index (κ3) is 4.58. The maximum atomic E-state index is 12.8. The lowest BCUT2D eigenvalue weighted by Crippen LogP contribution is -2.41. The molecule has 5 rings (SSSR count). The van der Waals surface area contributed by atoms with Crippen LogP contribution in [0.25, 0.3) is 20.7 Å². The second kappa shape index (κ2) is 9.25. The third-order valence-electron chi connectivity index (χ3n) is 5.66. The molecule has 8 heteroatoms. The summed E-state index contributed by atoms with van der Waals surface area (Å²) in [7, 11) is 1.64. The van der Waals surface area contributed by atoms with Crippen LogP contribution in [0.1, 0.15) is 12.7 Å². The molecule has 0 amide bonds. The quantitative estimate of drug-likeness (QED) is 0.440. The van der Waals surface area contributed by atoms with Gasteiger partial charge in [0.25, 0.3) is 5.56 Å². The van der Waals surface area contributed by atoms with Gasteiger partial charge in [-0.1, -0.05) is 19.1 Å². The fourth-order valence-electron chi connectivity index (χ4n) is 3.92. The number of aromatic nitrogens is 2. The molecule has 1 unspecified atom stereocenters. The van der Waals surface area contributed by atoms with E-state index in [4.69, 9.17) is 19.2 Å². The minimum absolute atomic E-state index is 0.0851. The van der Waals surface area contributed by atoms with Crippen molar-refractivity contribution < 1.29 is 14.2 Å². The maximum absolute atomic E-state index is 12.8. The summed E-state index contributed by atoms with van der Waals surface area (Å²) < 4.78 is 17.8. The fourth-order valence-corrected chi connectivity index (χ4v) is 4.92. The molecule has 7 nitrogen and oxygen atoms in total. The molecule has 0 fully saturated rings. The monoisotopic (exact) mass is 463 g/mol. The van der Waals surface area contributed by atoms with Gasteiger partial charge in [0.1, 0.15) is 29.0 Å². The number of nitrogens with one attached hydrogen (secondary N) is 1. The van der Waals surface area contributed by atoms with E-state index in [1.165, 1.54) is 11.3 Å². The number of thiophene rings is 1. The molecule has 4 aromatic rings. The molecule has 1 N–H and O–H groups in total. The van der Waals surface area contributed by atoms with Gasteiger partial charge < -0.3 is 19.2 Å². The molecule has 0 bridgehead atoms. The van der Waals surface area contributed by atoms with Gasteiger partial charge in [0.05, 0.1) is 19.2 Å². The van der Waals surface area contributed by atoms with Crippen molar-refractivity contribution in [1.82, 2.24) is 14.9 Å². The first kappa shape index (κ1) is 21.5. The van der Waals surface area contributed by atoms with E-state index < -0.39 is 0 Å². The van der Waals surface area contributed by atoms with Gasteiger partial charge in [-0.2, -0.15) is 0 Å². The Hall–Kier alpha value is -3.36. The first-order chi connectivity index (χ1) is 16.1. The Bertz CT molecular complexity index is 1320. The van der Waals surface area contributed by atoms with Crippen LogP contribution < -0.4 is 19.8 Å². The van der Waals surface area contributed by atoms with Gasteiger partial charge in [0.15, 0.2) is 11.5 Å². The Morgan fingerprint density at radius 3 is 2.73 bits per heavy atom. The summed E-state index contributed by atoms with van der Waals surface area (Å²) in [5, 5.41) is 0. The highest BCUT2D eigenvalue weighted by Gasteiger charge is 2.23. The van der Waals surface area contributed by atoms with Crippen LogP contribution in [0.2, 0.25) is 0 Å². The number of fused-ring (bicyclic) bond motifs is 2. The molecule has 33 heavy (non-hydrogen) atoms. The highest BCUT2D eigenvalue weighted by atomic mass is 32.1. The lowest BCUT2D eigenvalue weighted by molar-refractivity contribution is 0.0573. The summed E-state index contributed by atoms with van der Waals surface area (Å²) in [6, 6.07) is 17.5. The van der Waals surface area contributed by atoms with E-state index in [9.17, 15) is 4.79 Å². The van der Waals surface area contributed by atoms with Crippen molar-refractivity contribution in [2.75, 3.05) is 26.8 Å². The predicted molar refractivity (Wildman–Crippen MR) is 130 cm³/mol. The number of H-pyrrole nitrogens is 1. The van der Waals surface area contributed by atoms with Crippen LogP contribution >= 0.6 is 11.3 Å². The molecule has 2 aromatic carbocycles. The number of aromatic amines is 1. The summed E-state index contributed by atoms with van der Waals surface area (Å²) >= 11 is 1.45. The van der Waals surface area contributed by atoms with Crippen molar-refractivity contribution in [3.63, 3.8) is 0 Å². The standard InChI is InChI=1S/C25H25N3O4S/c1-3-28(13-18-15-31-20-6-4-5-7-21(20)32-18)14-23-26-19-12-22(33-24(19)25(29)27-23)16-8-10-17(30-2)11-9-16/h4-12,18H,3,13-15H2,1-2H3,(H,26,27,29). The normalized spacial score (nSPS) is 15.2. The van der Waals surface area contributed by atoms with Crippen LogP contribution in [0.3, 0.4) is 0 Å². The van der Waals surface area contributed by atoms with E-state index in [0.29, 0.717) is 35.7 Å². The average molecular weight is 464 g/mol. The van der Waals surface area contributed by atoms with E-state index >= 15 is 0 Å². The van der Waals surface area contributed by atoms with Crippen LogP contribution in [0, 0.1) is 0 Å². The highest BCUT2D eigenvalue weighted by Crippen LogP contribution is 2.32. The lowest BCUT2D eigenvalue weighted by Gasteiger charge is -2.30. The zero-order valence-corrected chi connectivity index (χ0v) is 19.4. The highest BCUT2D eigenvalue weighted by molar-refractivity contribution is 7.22. The minimum Gasteiger partial charge on any atom is -0.497 e. The summed E-state index contributed by atoms with van der Waals surface area (Å²) in [5.74, 6) is 2.99. The van der Waals surface area contributed by atoms with Gasteiger partial charge in [0, 0.05) is 11.4 Å². The maximum Gasteiger partial charge on any atom is 0.268 e. The molecule has 0 aliphatic carbocycles. The number of benzene rings is 2. The molecule has 3 heterocycles. The molecule has 0 saturated heterocycles. The van der Waals surface area contributed by atoms with Crippen molar-refractivity contribution in [2.45, 2.75) is 19.6 Å². The summed E-state index contributed by atoms with van der Waals surface area (Å²) in [5.41, 5.74) is 1.64. The molecular formula is C25H25N3O4S. The van der Waals surface area contributed by atoms with Crippen LogP contribution in [0.4, 0.5) is 0 Å². The van der Waals surface area contributed by atoms with Crippen molar-refractivity contribution in [2.24, 2.45) is 0 Å². The van der Waals surface area contributed by atoms with E-state index in [1.807, 2.05) is 54.6 Å². The number of hydrogen-bond donors (Lipinski definition) is 1. The number of ether oxygens (including phenoxy) is 3. The third-order valence-corrected chi connectivity index (χ3v) is 6.83. The number of hydrogen-bond acceptors (Lipinski definition) is 7. The van der Waals surface area contributed by atoms with Gasteiger partial charge in [-0.25, -0.2) is 4.98 Å². The first-order valence-corrected chi connectivity index (χ1v) is 11.7. The van der Waals surface area contributed by atoms with E-state index in [0.717, 1.165) is 34.2 Å². The van der Waals surface area contributed by atoms with Crippen LogP contribution in [0.15, 0.2) is 59.4 Å². The van der Waals surface area contributed by atoms with Gasteiger partial charge in [-0.3, -0.25) is 9.69 Å². The Balaban J connectivity index is 1.33. The van der Waals surface area contributed by atoms with E-state index in [1.54, 1.807) is 7.11 Å². The molecule has 1 aliphatic heterocycles. The van der Waals surface area contributed by atoms with Crippen LogP contribution in [-0.2, 0) is 6.54 Å². The topological polar surface area (TPSA) is 76.7 Å². The molecule has 2 aromatic heterocycles. The van der Waals surface area contributed by atoms with Crippen LogP contribution in [0.5, 0.6) is 17.2 Å². The smallest absolute Gasteiger partial charge is 0.268 e. The second-order valence-corrected chi connectivity index (χ2v) is 8.94. The summed E-state index contributed by atoms with van der Waals surface area (Å²) in [6.45, 7) is 4.57. The molecule has 1 atom stereocenters. The number of likely N-dealkylation sites (N-methyl/N-ethyl adjacent to an activating group) is 1. The number of rotatable bonds is 7. The fraction of sp³-hybridized carbons (Fsp3) is 0.280. The Morgan fingerprint density at radius 1 is 1.18 bits per heavy atom. The molecule has 0 saturated carbocycles. The number of methoxy groups -OCH3 is 1. The molecule has 0 spiro atoms. The van der Waals surface area contributed by atoms with Crippen LogP contribution in [-0.4, -0.2) is 47.8 Å². The Morgan fingerprint density at radius 2 is 1.97 bits per heavy atom. The van der Waals surface area contributed by atoms with Gasteiger partial charge in [-0.05, 0) is 54.6 Å². The largest absolute Gasteiger partial charge is 0.497 e. The number of para-hydroxylation sites is 2. The SMILES string of the molecule is CCN(Cc1nc2cc(-c3ccc(OC)cc3)sc2c(=O)[nH]1)CC1COc2ccccc2O1. The second-order valence-electron chi connectivity index (χ2n) is 7.89. The Labute approximate surface area is 195 Å². The molecule has 0 radical (unpaired) electrons. The minimum atomic E-state index is -0.109. The van der Waals surface area contributed by atoms with Gasteiger partial charge >= 0.3 is 0 Å². The number of nitrogens with zero attached hydrogens (tertiary/aromatic N) is 2. The zero-order chi connectivity index (χ0) is 22.8. The van der Waals surface area contributed by atoms with Gasteiger partial charge in [0.2, 0.25) is 0 Å². The van der Waals surface area contributed by atoms with Crippen molar-refractivity contribution >= 4 is 21.6 Å². The van der Waals surface area contributed by atoms with E-state index in [-0.39, 0.29) is 11.7 Å². The van der Waals surface area contributed by atoms with Gasteiger partial charge in [-0.15, -0.1) is 11.3 Å². The van der Waals surface area contributed by atoms with E-state index in [2.05, 4.69) is 16.8 Å². The summed E-state index contributed by atoms with van der Waals surface area (Å²) in [4.78, 5) is 23.7. The summed E-state index contributed by atoms with van der Waals surface area (Å²) in [6.07, 6.45) is -0.0851. The van der Waals surface area contributed by atoms with Crippen molar-refractivity contribution in [1.29, 1.82) is 0 Å². The van der Waals surface area contributed by atoms with Crippen molar-refractivity contribution in [3.8, 4) is 27.7 Å². The molecule has 170 valence electrons. The molecular weight excluding hydrogens is 438 g/mol. The Kier molecular flexibility index (Phi) is 6.02. The lowest BCUT2D eigenvalue weighted by atomic mass is 10.2.